The van der Waals surface area contributed by atoms with Crippen LogP contribution in [-0.2, 0) is 10.2 Å². The van der Waals surface area contributed by atoms with E-state index in [0.29, 0.717) is 0 Å². The topological polar surface area (TPSA) is 42.0 Å². The summed E-state index contributed by atoms with van der Waals surface area (Å²) in [5.41, 5.74) is 3.20. The second kappa shape index (κ2) is 6.89. The van der Waals surface area contributed by atoms with Crippen LogP contribution in [0.4, 0.5) is 5.69 Å². The number of aromatic nitrogens is 1. The molecule has 0 saturated heterocycles. The standard InChI is InChI=1S/C22H22N2O/c1-22(2,3)18-10-7-16(8-11-18)9-12-21(25)24-20-6-4-5-17-15-23-14-13-19(17)20/h4-15H,1-3H3,(H,24,25). The van der Waals surface area contributed by atoms with Gasteiger partial charge in [-0.3, -0.25) is 9.78 Å². The molecular weight excluding hydrogens is 308 g/mol. The highest BCUT2D eigenvalue weighted by Crippen LogP contribution is 2.23. The van der Waals surface area contributed by atoms with Gasteiger partial charge in [-0.1, -0.05) is 57.2 Å². The summed E-state index contributed by atoms with van der Waals surface area (Å²) < 4.78 is 0. The molecule has 3 aromatic rings. The minimum atomic E-state index is -0.149. The van der Waals surface area contributed by atoms with Crippen molar-refractivity contribution in [3.8, 4) is 0 Å². The van der Waals surface area contributed by atoms with Gasteiger partial charge in [-0.2, -0.15) is 0 Å². The Hall–Kier alpha value is -2.94. The zero-order valence-electron chi connectivity index (χ0n) is 14.8. The van der Waals surface area contributed by atoms with Crippen molar-refractivity contribution in [1.29, 1.82) is 0 Å². The van der Waals surface area contributed by atoms with E-state index in [1.807, 2.05) is 42.5 Å². The van der Waals surface area contributed by atoms with Gasteiger partial charge in [0.25, 0.3) is 0 Å². The highest BCUT2D eigenvalue weighted by molar-refractivity contribution is 6.07. The Labute approximate surface area is 148 Å². The monoisotopic (exact) mass is 330 g/mol. The molecule has 0 aliphatic rings. The fraction of sp³-hybridized carbons (Fsp3) is 0.182. The van der Waals surface area contributed by atoms with Crippen molar-refractivity contribution in [3.05, 3.63) is 78.1 Å². The fourth-order valence-corrected chi connectivity index (χ4v) is 2.67. The van der Waals surface area contributed by atoms with Crippen LogP contribution >= 0.6 is 0 Å². The van der Waals surface area contributed by atoms with Crippen LogP contribution in [0.3, 0.4) is 0 Å². The average Bonchev–Trinajstić information content (AvgIpc) is 2.60. The quantitative estimate of drug-likeness (QED) is 0.672. The molecule has 0 atom stereocenters. The lowest BCUT2D eigenvalue weighted by atomic mass is 9.87. The van der Waals surface area contributed by atoms with Gasteiger partial charge in [0.1, 0.15) is 0 Å². The summed E-state index contributed by atoms with van der Waals surface area (Å²) in [7, 11) is 0. The summed E-state index contributed by atoms with van der Waals surface area (Å²) in [5, 5.41) is 4.92. The van der Waals surface area contributed by atoms with E-state index < -0.39 is 0 Å². The van der Waals surface area contributed by atoms with Gasteiger partial charge in [-0.15, -0.1) is 0 Å². The SMILES string of the molecule is CC(C)(C)c1ccc(C=CC(=O)Nc2cccc3cnccc23)cc1. The normalized spacial score (nSPS) is 11.8. The van der Waals surface area contributed by atoms with Crippen LogP contribution in [0.5, 0.6) is 0 Å². The molecule has 1 N–H and O–H groups in total. The van der Waals surface area contributed by atoms with Crippen molar-refractivity contribution in [3.63, 3.8) is 0 Å². The largest absolute Gasteiger partial charge is 0.322 e. The molecule has 0 bridgehead atoms. The van der Waals surface area contributed by atoms with Crippen molar-refractivity contribution in [2.75, 3.05) is 5.32 Å². The van der Waals surface area contributed by atoms with Gasteiger partial charge in [0, 0.05) is 34.9 Å². The lowest BCUT2D eigenvalue weighted by Gasteiger charge is -2.18. The Morgan fingerprint density at radius 2 is 1.80 bits per heavy atom. The predicted molar refractivity (Wildman–Crippen MR) is 105 cm³/mol. The van der Waals surface area contributed by atoms with Crippen LogP contribution in [0.15, 0.2) is 67.0 Å². The number of benzene rings is 2. The molecule has 1 amide bonds. The molecule has 0 fully saturated rings. The van der Waals surface area contributed by atoms with E-state index in [2.05, 4.69) is 43.2 Å². The zero-order valence-corrected chi connectivity index (χ0v) is 14.8. The van der Waals surface area contributed by atoms with E-state index in [1.54, 1.807) is 18.5 Å². The molecule has 0 saturated carbocycles. The number of pyridine rings is 1. The number of carbonyl (C=O) groups is 1. The Morgan fingerprint density at radius 3 is 2.52 bits per heavy atom. The van der Waals surface area contributed by atoms with E-state index in [4.69, 9.17) is 0 Å². The lowest BCUT2D eigenvalue weighted by molar-refractivity contribution is -0.111. The summed E-state index contributed by atoms with van der Waals surface area (Å²) in [6.07, 6.45) is 6.91. The van der Waals surface area contributed by atoms with Crippen LogP contribution in [0.1, 0.15) is 31.9 Å². The van der Waals surface area contributed by atoms with Gasteiger partial charge in [0.05, 0.1) is 0 Å². The molecule has 1 heterocycles. The fourth-order valence-electron chi connectivity index (χ4n) is 2.67. The number of nitrogens with zero attached hydrogens (tertiary/aromatic N) is 1. The molecule has 25 heavy (non-hydrogen) atoms. The van der Waals surface area contributed by atoms with Gasteiger partial charge in [-0.25, -0.2) is 0 Å². The number of fused-ring (bicyclic) bond motifs is 1. The van der Waals surface area contributed by atoms with Crippen LogP contribution in [0.25, 0.3) is 16.8 Å². The summed E-state index contributed by atoms with van der Waals surface area (Å²) in [6.45, 7) is 6.56. The van der Waals surface area contributed by atoms with Gasteiger partial charge >= 0.3 is 0 Å². The number of hydrogen-bond donors (Lipinski definition) is 1. The molecule has 0 aliphatic heterocycles. The van der Waals surface area contributed by atoms with E-state index >= 15 is 0 Å². The summed E-state index contributed by atoms with van der Waals surface area (Å²) in [6, 6.07) is 16.0. The molecule has 126 valence electrons. The first-order valence-electron chi connectivity index (χ1n) is 8.36. The smallest absolute Gasteiger partial charge is 0.248 e. The molecule has 0 spiro atoms. The first kappa shape index (κ1) is 16.9. The van der Waals surface area contributed by atoms with Gasteiger partial charge in [0.2, 0.25) is 5.91 Å². The highest BCUT2D eigenvalue weighted by atomic mass is 16.1. The van der Waals surface area contributed by atoms with Crippen LogP contribution in [0.2, 0.25) is 0 Å². The summed E-state index contributed by atoms with van der Waals surface area (Å²) >= 11 is 0. The minimum absolute atomic E-state index is 0.128. The number of rotatable bonds is 3. The average molecular weight is 330 g/mol. The van der Waals surface area contributed by atoms with Crippen LogP contribution < -0.4 is 5.32 Å². The highest BCUT2D eigenvalue weighted by Gasteiger charge is 2.12. The van der Waals surface area contributed by atoms with Gasteiger partial charge < -0.3 is 5.32 Å². The Morgan fingerprint density at radius 1 is 1.04 bits per heavy atom. The van der Waals surface area contributed by atoms with Gasteiger partial charge in [-0.05, 0) is 34.8 Å². The Balaban J connectivity index is 1.73. The first-order valence-corrected chi connectivity index (χ1v) is 8.36. The van der Waals surface area contributed by atoms with Crippen molar-refractivity contribution in [1.82, 2.24) is 4.98 Å². The Bertz CT molecular complexity index is 913. The number of nitrogens with one attached hydrogen (secondary N) is 1. The number of amides is 1. The molecule has 0 aliphatic carbocycles. The summed E-state index contributed by atoms with van der Waals surface area (Å²) in [4.78, 5) is 16.3. The third-order valence-corrected chi connectivity index (χ3v) is 4.14. The maximum atomic E-state index is 12.2. The van der Waals surface area contributed by atoms with Crippen molar-refractivity contribution in [2.24, 2.45) is 0 Å². The third-order valence-electron chi connectivity index (χ3n) is 4.14. The third kappa shape index (κ3) is 4.13. The lowest BCUT2D eigenvalue weighted by Crippen LogP contribution is -2.10. The zero-order chi connectivity index (χ0) is 17.9. The van der Waals surface area contributed by atoms with Crippen LogP contribution in [-0.4, -0.2) is 10.9 Å². The van der Waals surface area contributed by atoms with E-state index in [-0.39, 0.29) is 11.3 Å². The Kier molecular flexibility index (Phi) is 4.66. The maximum Gasteiger partial charge on any atom is 0.248 e. The van der Waals surface area contributed by atoms with Crippen molar-refractivity contribution < 1.29 is 4.79 Å². The predicted octanol–water partition coefficient (Wildman–Crippen LogP) is 5.18. The van der Waals surface area contributed by atoms with Crippen LogP contribution in [0, 0.1) is 0 Å². The first-order chi connectivity index (χ1) is 11.9. The molecule has 0 radical (unpaired) electrons. The summed E-state index contributed by atoms with van der Waals surface area (Å²) in [5.74, 6) is -0.149. The minimum Gasteiger partial charge on any atom is -0.322 e. The number of carbonyl (C=O) groups excluding carboxylic acids is 1. The van der Waals surface area contributed by atoms with Crippen molar-refractivity contribution in [2.45, 2.75) is 26.2 Å². The molecular formula is C22H22N2O. The van der Waals surface area contributed by atoms with Crippen molar-refractivity contribution >= 4 is 28.4 Å². The molecule has 0 unspecified atom stereocenters. The molecule has 3 heteroatoms. The molecule has 1 aromatic heterocycles. The maximum absolute atomic E-state index is 12.2. The van der Waals surface area contributed by atoms with E-state index in [1.165, 1.54) is 5.56 Å². The molecule has 3 rings (SSSR count). The van der Waals surface area contributed by atoms with Gasteiger partial charge in [0.15, 0.2) is 0 Å². The second-order valence-electron chi connectivity index (χ2n) is 7.10. The molecule has 3 nitrogen and oxygen atoms in total. The molecule has 2 aromatic carbocycles. The van der Waals surface area contributed by atoms with E-state index in [9.17, 15) is 4.79 Å². The second-order valence-corrected chi connectivity index (χ2v) is 7.10. The van der Waals surface area contributed by atoms with E-state index in [0.717, 1.165) is 22.0 Å². The number of hydrogen-bond acceptors (Lipinski definition) is 2. The number of anilines is 1.